The fraction of sp³-hybridized carbons (Fsp3) is 0.286. The quantitative estimate of drug-likeness (QED) is 0.832. The van der Waals surface area contributed by atoms with Crippen LogP contribution in [-0.2, 0) is 6.54 Å². The first-order valence-electron chi connectivity index (χ1n) is 6.21. The van der Waals surface area contributed by atoms with Gasteiger partial charge in [0.15, 0.2) is 11.5 Å². The van der Waals surface area contributed by atoms with Crippen molar-refractivity contribution in [2.45, 2.75) is 13.5 Å². The molecule has 20 heavy (non-hydrogen) atoms. The molecule has 1 aromatic heterocycles. The van der Waals surface area contributed by atoms with Gasteiger partial charge in [-0.3, -0.25) is 0 Å². The van der Waals surface area contributed by atoms with Crippen molar-refractivity contribution in [1.82, 2.24) is 0 Å². The van der Waals surface area contributed by atoms with Crippen molar-refractivity contribution in [1.29, 1.82) is 0 Å². The standard InChI is InChI=1S/C14H13BrClNO2S/c1-8-10(15)4-9(20-8)7-17-12-6-14-13(5-11(12)16)18-2-3-19-14/h4-6,17H,2-3,7H2,1H3. The molecule has 0 fully saturated rings. The number of rotatable bonds is 3. The lowest BCUT2D eigenvalue weighted by atomic mass is 10.2. The van der Waals surface area contributed by atoms with Gasteiger partial charge in [0.2, 0.25) is 0 Å². The summed E-state index contributed by atoms with van der Waals surface area (Å²) >= 11 is 11.5. The van der Waals surface area contributed by atoms with Crippen LogP contribution in [0.3, 0.4) is 0 Å². The highest BCUT2D eigenvalue weighted by molar-refractivity contribution is 9.10. The topological polar surface area (TPSA) is 30.5 Å². The number of nitrogens with one attached hydrogen (secondary N) is 1. The number of benzene rings is 1. The molecule has 106 valence electrons. The third-order valence-corrected chi connectivity index (χ3v) is 5.44. The summed E-state index contributed by atoms with van der Waals surface area (Å²) in [5.41, 5.74) is 0.859. The van der Waals surface area contributed by atoms with Gasteiger partial charge in [-0.2, -0.15) is 0 Å². The van der Waals surface area contributed by atoms with Gasteiger partial charge in [-0.05, 0) is 28.9 Å². The van der Waals surface area contributed by atoms with Crippen molar-refractivity contribution >= 4 is 44.6 Å². The Kier molecular flexibility index (Phi) is 4.10. The van der Waals surface area contributed by atoms with Crippen LogP contribution in [0.1, 0.15) is 9.75 Å². The Morgan fingerprint density at radius 2 is 1.95 bits per heavy atom. The number of fused-ring (bicyclic) bond motifs is 1. The van der Waals surface area contributed by atoms with Crippen molar-refractivity contribution in [3.63, 3.8) is 0 Å². The monoisotopic (exact) mass is 373 g/mol. The van der Waals surface area contributed by atoms with Crippen LogP contribution in [-0.4, -0.2) is 13.2 Å². The zero-order valence-corrected chi connectivity index (χ0v) is 14.0. The lowest BCUT2D eigenvalue weighted by Gasteiger charge is -2.20. The van der Waals surface area contributed by atoms with Crippen LogP contribution in [0, 0.1) is 6.92 Å². The lowest BCUT2D eigenvalue weighted by molar-refractivity contribution is 0.171. The van der Waals surface area contributed by atoms with Crippen molar-refractivity contribution in [3.05, 3.63) is 37.4 Å². The van der Waals surface area contributed by atoms with E-state index in [2.05, 4.69) is 34.2 Å². The van der Waals surface area contributed by atoms with E-state index in [1.54, 1.807) is 17.4 Å². The van der Waals surface area contributed by atoms with E-state index in [4.69, 9.17) is 21.1 Å². The highest BCUT2D eigenvalue weighted by Gasteiger charge is 2.15. The molecule has 1 aliphatic heterocycles. The Bertz CT molecular complexity index is 625. The molecular formula is C14H13BrClNO2S. The highest BCUT2D eigenvalue weighted by Crippen LogP contribution is 2.38. The molecular weight excluding hydrogens is 362 g/mol. The maximum Gasteiger partial charge on any atom is 0.163 e. The SMILES string of the molecule is Cc1sc(CNc2cc3c(cc2Cl)OCCO3)cc1Br. The highest BCUT2D eigenvalue weighted by atomic mass is 79.9. The predicted molar refractivity (Wildman–Crippen MR) is 86.5 cm³/mol. The smallest absolute Gasteiger partial charge is 0.163 e. The first kappa shape index (κ1) is 14.0. The molecule has 0 atom stereocenters. The van der Waals surface area contributed by atoms with Crippen LogP contribution in [0.25, 0.3) is 0 Å². The van der Waals surface area contributed by atoms with Crippen LogP contribution in [0.5, 0.6) is 11.5 Å². The zero-order chi connectivity index (χ0) is 14.1. The minimum absolute atomic E-state index is 0.568. The van der Waals surface area contributed by atoms with Crippen LogP contribution in [0.15, 0.2) is 22.7 Å². The Hall–Kier alpha value is -0.910. The van der Waals surface area contributed by atoms with E-state index in [-0.39, 0.29) is 0 Å². The summed E-state index contributed by atoms with van der Waals surface area (Å²) in [6, 6.07) is 5.82. The normalized spacial score (nSPS) is 13.3. The average molecular weight is 375 g/mol. The molecule has 0 radical (unpaired) electrons. The van der Waals surface area contributed by atoms with Crippen molar-refractivity contribution in [3.8, 4) is 11.5 Å². The number of halogens is 2. The second kappa shape index (κ2) is 5.84. The van der Waals surface area contributed by atoms with Gasteiger partial charge in [-0.25, -0.2) is 0 Å². The molecule has 2 heterocycles. The van der Waals surface area contributed by atoms with Gasteiger partial charge in [-0.1, -0.05) is 11.6 Å². The number of aryl methyl sites for hydroxylation is 1. The molecule has 0 bridgehead atoms. The summed E-state index contributed by atoms with van der Waals surface area (Å²) in [6.45, 7) is 3.97. The number of anilines is 1. The summed E-state index contributed by atoms with van der Waals surface area (Å²) in [6.07, 6.45) is 0. The van der Waals surface area contributed by atoms with Crippen LogP contribution in [0.2, 0.25) is 5.02 Å². The zero-order valence-electron chi connectivity index (χ0n) is 10.8. The minimum atomic E-state index is 0.568. The number of ether oxygens (including phenoxy) is 2. The molecule has 1 N–H and O–H groups in total. The molecule has 0 saturated carbocycles. The molecule has 3 rings (SSSR count). The minimum Gasteiger partial charge on any atom is -0.486 e. The molecule has 2 aromatic rings. The van der Waals surface area contributed by atoms with E-state index in [0.717, 1.165) is 22.5 Å². The second-order valence-electron chi connectivity index (χ2n) is 4.45. The molecule has 0 spiro atoms. The molecule has 1 aromatic carbocycles. The first-order chi connectivity index (χ1) is 9.63. The van der Waals surface area contributed by atoms with Gasteiger partial charge >= 0.3 is 0 Å². The maximum atomic E-state index is 6.26. The maximum absolute atomic E-state index is 6.26. The van der Waals surface area contributed by atoms with Crippen molar-refractivity contribution in [2.75, 3.05) is 18.5 Å². The molecule has 1 aliphatic rings. The Balaban J connectivity index is 1.77. The fourth-order valence-electron chi connectivity index (χ4n) is 1.99. The molecule has 0 saturated heterocycles. The predicted octanol–water partition coefficient (Wildman–Crippen LogP) is 4.86. The largest absolute Gasteiger partial charge is 0.486 e. The first-order valence-corrected chi connectivity index (χ1v) is 8.20. The van der Waals surface area contributed by atoms with Crippen LogP contribution >= 0.6 is 38.9 Å². The number of hydrogen-bond acceptors (Lipinski definition) is 4. The summed E-state index contributed by atoms with van der Waals surface area (Å²) in [7, 11) is 0. The van der Waals surface area contributed by atoms with Gasteiger partial charge < -0.3 is 14.8 Å². The lowest BCUT2D eigenvalue weighted by Crippen LogP contribution is -2.15. The number of thiophene rings is 1. The van der Waals surface area contributed by atoms with E-state index < -0.39 is 0 Å². The van der Waals surface area contributed by atoms with Crippen molar-refractivity contribution in [2.24, 2.45) is 0 Å². The molecule has 0 unspecified atom stereocenters. The molecule has 0 aliphatic carbocycles. The summed E-state index contributed by atoms with van der Waals surface area (Å²) < 4.78 is 12.2. The Morgan fingerprint density at radius 1 is 1.25 bits per heavy atom. The van der Waals surface area contributed by atoms with Crippen LogP contribution < -0.4 is 14.8 Å². The van der Waals surface area contributed by atoms with E-state index in [0.29, 0.717) is 24.0 Å². The Morgan fingerprint density at radius 3 is 2.60 bits per heavy atom. The molecule has 0 amide bonds. The van der Waals surface area contributed by atoms with E-state index in [1.807, 2.05) is 6.07 Å². The molecule has 6 heteroatoms. The third-order valence-electron chi connectivity index (χ3n) is 2.99. The van der Waals surface area contributed by atoms with Gasteiger partial charge in [0.25, 0.3) is 0 Å². The summed E-state index contributed by atoms with van der Waals surface area (Å²) in [5.74, 6) is 1.45. The van der Waals surface area contributed by atoms with Crippen LogP contribution in [0.4, 0.5) is 5.69 Å². The van der Waals surface area contributed by atoms with Gasteiger partial charge in [-0.15, -0.1) is 11.3 Å². The van der Waals surface area contributed by atoms with E-state index >= 15 is 0 Å². The molecule has 3 nitrogen and oxygen atoms in total. The summed E-state index contributed by atoms with van der Waals surface area (Å²) in [4.78, 5) is 2.52. The second-order valence-corrected chi connectivity index (χ2v) is 7.05. The fourth-order valence-corrected chi connectivity index (χ4v) is 3.75. The van der Waals surface area contributed by atoms with Gasteiger partial charge in [0.1, 0.15) is 13.2 Å². The van der Waals surface area contributed by atoms with Crippen molar-refractivity contribution < 1.29 is 9.47 Å². The van der Waals surface area contributed by atoms with Gasteiger partial charge in [0, 0.05) is 32.9 Å². The van der Waals surface area contributed by atoms with Gasteiger partial charge in [0.05, 0.1) is 10.7 Å². The third kappa shape index (κ3) is 2.90. The van der Waals surface area contributed by atoms with E-state index in [9.17, 15) is 0 Å². The summed E-state index contributed by atoms with van der Waals surface area (Å²) in [5, 5.41) is 3.98. The number of hydrogen-bond donors (Lipinski definition) is 1. The average Bonchev–Trinajstić information content (AvgIpc) is 2.75. The van der Waals surface area contributed by atoms with E-state index in [1.165, 1.54) is 9.75 Å². The Labute approximate surface area is 135 Å².